The number of rotatable bonds is 6. The van der Waals surface area contributed by atoms with Crippen LogP contribution in [0.3, 0.4) is 0 Å². The van der Waals surface area contributed by atoms with Crippen molar-refractivity contribution in [1.82, 2.24) is 15.1 Å². The Morgan fingerprint density at radius 3 is 2.62 bits per heavy atom. The molecule has 0 atom stereocenters. The summed E-state index contributed by atoms with van der Waals surface area (Å²) in [6, 6.07) is 10.9. The van der Waals surface area contributed by atoms with Gasteiger partial charge in [0.1, 0.15) is 0 Å². The van der Waals surface area contributed by atoms with Crippen LogP contribution in [0.25, 0.3) is 11.1 Å². The maximum absolute atomic E-state index is 13.1. The number of nitrogens with one attached hydrogen (secondary N) is 1. The molecular weight excluding hydrogens is 419 g/mol. The van der Waals surface area contributed by atoms with Gasteiger partial charge < -0.3 is 9.84 Å². The lowest BCUT2D eigenvalue weighted by Crippen LogP contribution is -2.32. The fourth-order valence-corrected chi connectivity index (χ4v) is 4.29. The van der Waals surface area contributed by atoms with E-state index >= 15 is 0 Å². The highest BCUT2D eigenvalue weighted by atomic mass is 19.4. The minimum atomic E-state index is -4.38. The lowest BCUT2D eigenvalue weighted by atomic mass is 9.89. The average Bonchev–Trinajstić information content (AvgIpc) is 3.27. The summed E-state index contributed by atoms with van der Waals surface area (Å²) >= 11 is 0. The molecule has 1 fully saturated rings. The molecule has 2 N–H and O–H groups in total. The number of H-pyrrole nitrogens is 1. The van der Waals surface area contributed by atoms with Crippen molar-refractivity contribution in [3.05, 3.63) is 65.5 Å². The molecule has 32 heavy (non-hydrogen) atoms. The Balaban J connectivity index is 1.44. The van der Waals surface area contributed by atoms with Gasteiger partial charge in [0.25, 0.3) is 0 Å². The number of phenols is 1. The molecule has 1 aliphatic heterocycles. The van der Waals surface area contributed by atoms with E-state index in [1.807, 2.05) is 19.1 Å². The molecule has 0 bridgehead atoms. The standard InChI is InChI=1S/C24H26F3N3O2/c1-2-32-21-8-4-6-18(23(21)31)15-30-11-9-16(10-12-30)22-20(14-28-29-22)17-5-3-7-19(13-17)24(25,26)27/h3-8,13-14,16,31H,2,9-12,15H2,1H3,(H,28,29). The quantitative estimate of drug-likeness (QED) is 0.520. The number of aromatic nitrogens is 2. The Morgan fingerprint density at radius 1 is 1.16 bits per heavy atom. The summed E-state index contributed by atoms with van der Waals surface area (Å²) in [6.45, 7) is 4.59. The predicted molar refractivity (Wildman–Crippen MR) is 116 cm³/mol. The van der Waals surface area contributed by atoms with Crippen LogP contribution in [0.4, 0.5) is 13.2 Å². The number of hydrogen-bond donors (Lipinski definition) is 2. The molecule has 2 aromatic carbocycles. The van der Waals surface area contributed by atoms with Gasteiger partial charge in [0, 0.05) is 29.3 Å². The van der Waals surface area contributed by atoms with Crippen molar-refractivity contribution >= 4 is 0 Å². The van der Waals surface area contributed by atoms with E-state index in [1.165, 1.54) is 12.1 Å². The molecule has 5 nitrogen and oxygen atoms in total. The van der Waals surface area contributed by atoms with Gasteiger partial charge in [-0.1, -0.05) is 24.3 Å². The van der Waals surface area contributed by atoms with E-state index in [9.17, 15) is 18.3 Å². The second-order valence-corrected chi connectivity index (χ2v) is 8.02. The van der Waals surface area contributed by atoms with Gasteiger partial charge in [-0.2, -0.15) is 18.3 Å². The Morgan fingerprint density at radius 2 is 1.91 bits per heavy atom. The van der Waals surface area contributed by atoms with Crippen LogP contribution in [0.1, 0.15) is 42.5 Å². The number of halogens is 3. The fourth-order valence-electron chi connectivity index (χ4n) is 4.29. The SMILES string of the molecule is CCOc1cccc(CN2CCC(c3[nH]ncc3-c3cccc(C(F)(F)F)c3)CC2)c1O. The zero-order valence-corrected chi connectivity index (χ0v) is 17.8. The topological polar surface area (TPSA) is 61.4 Å². The largest absolute Gasteiger partial charge is 0.504 e. The highest BCUT2D eigenvalue weighted by molar-refractivity contribution is 5.66. The molecule has 1 aliphatic rings. The van der Waals surface area contributed by atoms with Crippen LogP contribution in [0.5, 0.6) is 11.5 Å². The number of likely N-dealkylation sites (tertiary alicyclic amines) is 1. The normalized spacial score (nSPS) is 15.8. The maximum atomic E-state index is 13.1. The predicted octanol–water partition coefficient (Wildman–Crippen LogP) is 5.58. The van der Waals surface area contributed by atoms with Crippen molar-refractivity contribution in [2.75, 3.05) is 19.7 Å². The number of ether oxygens (including phenoxy) is 1. The number of para-hydroxylation sites is 1. The molecule has 0 saturated carbocycles. The summed E-state index contributed by atoms with van der Waals surface area (Å²) < 4.78 is 44.9. The van der Waals surface area contributed by atoms with E-state index in [-0.39, 0.29) is 11.7 Å². The molecular formula is C24H26F3N3O2. The zero-order chi connectivity index (χ0) is 22.7. The maximum Gasteiger partial charge on any atom is 0.416 e. The minimum absolute atomic E-state index is 0.178. The number of alkyl halides is 3. The molecule has 0 amide bonds. The molecule has 0 spiro atoms. The lowest BCUT2D eigenvalue weighted by molar-refractivity contribution is -0.137. The number of piperidine rings is 1. The van der Waals surface area contributed by atoms with Gasteiger partial charge in [0.15, 0.2) is 11.5 Å². The molecule has 3 aromatic rings. The van der Waals surface area contributed by atoms with Crippen LogP contribution in [-0.4, -0.2) is 39.9 Å². The van der Waals surface area contributed by atoms with Crippen LogP contribution < -0.4 is 4.74 Å². The summed E-state index contributed by atoms with van der Waals surface area (Å²) in [6.07, 6.45) is -1.08. The number of nitrogens with zero attached hydrogens (tertiary/aromatic N) is 2. The van der Waals surface area contributed by atoms with Crippen LogP contribution in [0.2, 0.25) is 0 Å². The number of benzene rings is 2. The molecule has 0 radical (unpaired) electrons. The highest BCUT2D eigenvalue weighted by Gasteiger charge is 2.31. The number of phenolic OH excluding ortho intramolecular Hbond substituents is 1. The van der Waals surface area contributed by atoms with E-state index in [4.69, 9.17) is 4.74 Å². The van der Waals surface area contributed by atoms with Gasteiger partial charge >= 0.3 is 6.18 Å². The first-order chi connectivity index (χ1) is 15.4. The number of aromatic amines is 1. The molecule has 1 saturated heterocycles. The van der Waals surface area contributed by atoms with Crippen LogP contribution in [-0.2, 0) is 12.7 Å². The molecule has 4 rings (SSSR count). The summed E-state index contributed by atoms with van der Waals surface area (Å²) in [5, 5.41) is 17.6. The molecule has 0 unspecified atom stereocenters. The second kappa shape index (κ2) is 9.24. The first-order valence-corrected chi connectivity index (χ1v) is 10.7. The van der Waals surface area contributed by atoms with Crippen LogP contribution in [0, 0.1) is 0 Å². The van der Waals surface area contributed by atoms with Crippen LogP contribution in [0.15, 0.2) is 48.7 Å². The molecule has 8 heteroatoms. The van der Waals surface area contributed by atoms with Crippen molar-refractivity contribution < 1.29 is 23.0 Å². The van der Waals surface area contributed by atoms with Crippen molar-refractivity contribution in [3.8, 4) is 22.6 Å². The van der Waals surface area contributed by atoms with E-state index in [1.54, 1.807) is 18.3 Å². The van der Waals surface area contributed by atoms with Gasteiger partial charge in [-0.25, -0.2) is 0 Å². The first kappa shape index (κ1) is 22.2. The van der Waals surface area contributed by atoms with Gasteiger partial charge in [-0.05, 0) is 56.6 Å². The van der Waals surface area contributed by atoms with Gasteiger partial charge in [-0.15, -0.1) is 0 Å². The molecule has 170 valence electrons. The first-order valence-electron chi connectivity index (χ1n) is 10.7. The third-order valence-corrected chi connectivity index (χ3v) is 5.94. The number of hydrogen-bond acceptors (Lipinski definition) is 4. The van der Waals surface area contributed by atoms with Gasteiger partial charge in [0.05, 0.1) is 18.4 Å². The highest BCUT2D eigenvalue weighted by Crippen LogP contribution is 2.37. The van der Waals surface area contributed by atoms with E-state index in [2.05, 4.69) is 15.1 Å². The molecule has 2 heterocycles. The Labute approximate surface area is 184 Å². The van der Waals surface area contributed by atoms with Gasteiger partial charge in [0.2, 0.25) is 0 Å². The van der Waals surface area contributed by atoms with Gasteiger partial charge in [-0.3, -0.25) is 10.00 Å². The summed E-state index contributed by atoms with van der Waals surface area (Å²) in [5.74, 6) is 0.849. The third kappa shape index (κ3) is 4.75. The smallest absolute Gasteiger partial charge is 0.416 e. The van der Waals surface area contributed by atoms with Crippen molar-refractivity contribution in [2.45, 2.75) is 38.4 Å². The Bertz CT molecular complexity index is 1060. The minimum Gasteiger partial charge on any atom is -0.504 e. The van der Waals surface area contributed by atoms with Crippen molar-refractivity contribution in [3.63, 3.8) is 0 Å². The van der Waals surface area contributed by atoms with E-state index in [0.717, 1.165) is 48.8 Å². The van der Waals surface area contributed by atoms with E-state index < -0.39 is 11.7 Å². The summed E-state index contributed by atoms with van der Waals surface area (Å²) in [7, 11) is 0. The van der Waals surface area contributed by atoms with Crippen LogP contribution >= 0.6 is 0 Å². The van der Waals surface area contributed by atoms with E-state index in [0.29, 0.717) is 24.5 Å². The average molecular weight is 445 g/mol. The fraction of sp³-hybridized carbons (Fsp3) is 0.375. The van der Waals surface area contributed by atoms with Crippen molar-refractivity contribution in [1.29, 1.82) is 0 Å². The monoisotopic (exact) mass is 445 g/mol. The third-order valence-electron chi connectivity index (χ3n) is 5.94. The second-order valence-electron chi connectivity index (χ2n) is 8.02. The summed E-state index contributed by atoms with van der Waals surface area (Å²) in [4.78, 5) is 2.27. The molecule has 1 aromatic heterocycles. The van der Waals surface area contributed by atoms with Crippen molar-refractivity contribution in [2.24, 2.45) is 0 Å². The lowest BCUT2D eigenvalue weighted by Gasteiger charge is -2.32. The molecule has 0 aliphatic carbocycles. The Kier molecular flexibility index (Phi) is 6.41. The number of aromatic hydroxyl groups is 1. The zero-order valence-electron chi connectivity index (χ0n) is 17.8. The Hall–Kier alpha value is -3.00. The summed E-state index contributed by atoms with van der Waals surface area (Å²) in [5.41, 5.74) is 2.28.